The van der Waals surface area contributed by atoms with Gasteiger partial charge in [0.2, 0.25) is 5.43 Å². The van der Waals surface area contributed by atoms with Crippen molar-refractivity contribution >= 4 is 11.4 Å². The van der Waals surface area contributed by atoms with Gasteiger partial charge in [0.05, 0.1) is 11.4 Å². The minimum absolute atomic E-state index is 0.299. The van der Waals surface area contributed by atoms with Gasteiger partial charge in [0.15, 0.2) is 5.75 Å². The molecule has 4 heteroatoms. The van der Waals surface area contributed by atoms with Crippen LogP contribution in [-0.4, -0.2) is 5.11 Å². The maximum atomic E-state index is 11.4. The first-order valence-electron chi connectivity index (χ1n) is 5.47. The first-order chi connectivity index (χ1) is 8.65. The van der Waals surface area contributed by atoms with Gasteiger partial charge in [-0.25, -0.2) is 0 Å². The van der Waals surface area contributed by atoms with Gasteiger partial charge in [0, 0.05) is 6.07 Å². The van der Waals surface area contributed by atoms with E-state index in [0.717, 1.165) is 11.3 Å². The van der Waals surface area contributed by atoms with Crippen molar-refractivity contribution in [3.05, 3.63) is 64.3 Å². The van der Waals surface area contributed by atoms with Crippen LogP contribution in [0.4, 0.5) is 11.4 Å². The summed E-state index contributed by atoms with van der Waals surface area (Å²) in [6, 6.07) is 13.3. The van der Waals surface area contributed by atoms with Crippen molar-refractivity contribution in [2.45, 2.75) is 6.92 Å². The van der Waals surface area contributed by atoms with E-state index in [1.165, 1.54) is 12.1 Å². The first kappa shape index (κ1) is 12.0. The standard InChI is InChI=1S/C14H12N2O2/c1-10-4-2-5-11(8-10)15-16-12-6-3-7-13(17)14(18)9-12/h2-9H,1H3,(H,17,18). The summed E-state index contributed by atoms with van der Waals surface area (Å²) in [5.41, 5.74) is 1.74. The van der Waals surface area contributed by atoms with Crippen molar-refractivity contribution in [2.75, 3.05) is 0 Å². The second-order valence-electron chi connectivity index (χ2n) is 3.88. The summed E-state index contributed by atoms with van der Waals surface area (Å²) in [6.45, 7) is 1.97. The highest BCUT2D eigenvalue weighted by Crippen LogP contribution is 2.18. The maximum Gasteiger partial charge on any atom is 0.222 e. The number of rotatable bonds is 2. The van der Waals surface area contributed by atoms with E-state index in [4.69, 9.17) is 0 Å². The normalized spacial score (nSPS) is 10.7. The summed E-state index contributed by atoms with van der Waals surface area (Å²) in [7, 11) is 0. The van der Waals surface area contributed by atoms with E-state index < -0.39 is 5.43 Å². The number of hydrogen-bond donors (Lipinski definition) is 1. The second kappa shape index (κ2) is 5.23. The summed E-state index contributed by atoms with van der Waals surface area (Å²) in [5, 5.41) is 17.3. The largest absolute Gasteiger partial charge is 0.504 e. The first-order valence-corrected chi connectivity index (χ1v) is 5.47. The van der Waals surface area contributed by atoms with Crippen LogP contribution < -0.4 is 5.43 Å². The number of aromatic hydroxyl groups is 1. The van der Waals surface area contributed by atoms with Crippen molar-refractivity contribution < 1.29 is 5.11 Å². The molecule has 0 aliphatic heterocycles. The van der Waals surface area contributed by atoms with Crippen molar-refractivity contribution in [1.82, 2.24) is 0 Å². The van der Waals surface area contributed by atoms with E-state index >= 15 is 0 Å². The SMILES string of the molecule is Cc1cccc(N=Nc2cccc(O)c(=O)c2)c1. The fraction of sp³-hybridized carbons (Fsp3) is 0.0714. The van der Waals surface area contributed by atoms with Crippen LogP contribution in [0.25, 0.3) is 0 Å². The number of benzene rings is 1. The van der Waals surface area contributed by atoms with Gasteiger partial charge >= 0.3 is 0 Å². The lowest BCUT2D eigenvalue weighted by molar-refractivity contribution is 0.471. The Morgan fingerprint density at radius 1 is 0.944 bits per heavy atom. The fourth-order valence-corrected chi connectivity index (χ4v) is 1.44. The molecule has 0 aliphatic rings. The summed E-state index contributed by atoms with van der Waals surface area (Å²) < 4.78 is 0. The van der Waals surface area contributed by atoms with Gasteiger partial charge in [-0.05, 0) is 36.8 Å². The van der Waals surface area contributed by atoms with Gasteiger partial charge in [-0.3, -0.25) is 4.79 Å². The third-order valence-corrected chi connectivity index (χ3v) is 2.34. The van der Waals surface area contributed by atoms with Gasteiger partial charge in [0.25, 0.3) is 0 Å². The average molecular weight is 240 g/mol. The predicted molar refractivity (Wildman–Crippen MR) is 69.7 cm³/mol. The number of aryl methyl sites for hydroxylation is 1. The van der Waals surface area contributed by atoms with Gasteiger partial charge in [-0.1, -0.05) is 18.2 Å². The summed E-state index contributed by atoms with van der Waals surface area (Å²) in [4.78, 5) is 11.4. The second-order valence-corrected chi connectivity index (χ2v) is 3.88. The van der Waals surface area contributed by atoms with Gasteiger partial charge in [0.1, 0.15) is 0 Å². The summed E-state index contributed by atoms with van der Waals surface area (Å²) in [6.07, 6.45) is 0. The molecular formula is C14H12N2O2. The van der Waals surface area contributed by atoms with Gasteiger partial charge in [-0.2, -0.15) is 10.2 Å². The highest BCUT2D eigenvalue weighted by molar-refractivity contribution is 5.42. The Hall–Kier alpha value is -2.49. The zero-order chi connectivity index (χ0) is 13.0. The van der Waals surface area contributed by atoms with Crippen molar-refractivity contribution in [3.63, 3.8) is 0 Å². The van der Waals surface area contributed by atoms with Gasteiger partial charge < -0.3 is 5.11 Å². The van der Waals surface area contributed by atoms with E-state index in [1.807, 2.05) is 31.2 Å². The third kappa shape index (κ3) is 3.01. The Morgan fingerprint density at radius 2 is 1.56 bits per heavy atom. The van der Waals surface area contributed by atoms with Crippen LogP contribution in [0.3, 0.4) is 0 Å². The average Bonchev–Trinajstić information content (AvgIpc) is 2.50. The Morgan fingerprint density at radius 3 is 2.22 bits per heavy atom. The molecule has 0 radical (unpaired) electrons. The lowest BCUT2D eigenvalue weighted by atomic mass is 10.2. The molecule has 2 rings (SSSR count). The number of nitrogens with zero attached hydrogens (tertiary/aromatic N) is 2. The Kier molecular flexibility index (Phi) is 3.48. The molecule has 1 N–H and O–H groups in total. The molecule has 0 aliphatic carbocycles. The minimum Gasteiger partial charge on any atom is -0.504 e. The molecule has 0 bridgehead atoms. The van der Waals surface area contributed by atoms with E-state index in [-0.39, 0.29) is 5.75 Å². The molecule has 0 aromatic heterocycles. The van der Waals surface area contributed by atoms with Crippen LogP contribution in [0.1, 0.15) is 5.56 Å². The molecule has 0 amide bonds. The topological polar surface area (TPSA) is 62.0 Å². The zero-order valence-electron chi connectivity index (χ0n) is 9.87. The van der Waals surface area contributed by atoms with E-state index in [0.29, 0.717) is 5.69 Å². The van der Waals surface area contributed by atoms with Crippen LogP contribution in [0, 0.1) is 6.92 Å². The molecular weight excluding hydrogens is 228 g/mol. The highest BCUT2D eigenvalue weighted by Gasteiger charge is 1.95. The van der Waals surface area contributed by atoms with Crippen molar-refractivity contribution in [1.29, 1.82) is 0 Å². The molecule has 0 heterocycles. The smallest absolute Gasteiger partial charge is 0.222 e. The Balaban J connectivity index is 2.33. The van der Waals surface area contributed by atoms with Crippen LogP contribution in [0.5, 0.6) is 5.75 Å². The molecule has 2 aromatic rings. The summed E-state index contributed by atoms with van der Waals surface area (Å²) in [5.74, 6) is -0.299. The molecule has 0 fully saturated rings. The fourth-order valence-electron chi connectivity index (χ4n) is 1.44. The van der Waals surface area contributed by atoms with Crippen LogP contribution in [0.2, 0.25) is 0 Å². The highest BCUT2D eigenvalue weighted by atomic mass is 16.3. The Bertz CT molecular complexity index is 651. The molecule has 0 saturated heterocycles. The number of hydrogen-bond acceptors (Lipinski definition) is 4. The van der Waals surface area contributed by atoms with E-state index in [9.17, 15) is 9.90 Å². The van der Waals surface area contributed by atoms with Crippen molar-refractivity contribution in [2.24, 2.45) is 10.2 Å². The molecule has 90 valence electrons. The van der Waals surface area contributed by atoms with Crippen LogP contribution in [0.15, 0.2) is 63.6 Å². The molecule has 4 nitrogen and oxygen atoms in total. The molecule has 0 saturated carbocycles. The third-order valence-electron chi connectivity index (χ3n) is 2.34. The lowest BCUT2D eigenvalue weighted by Gasteiger charge is -1.93. The molecule has 2 aromatic carbocycles. The quantitative estimate of drug-likeness (QED) is 0.817. The monoisotopic (exact) mass is 240 g/mol. The van der Waals surface area contributed by atoms with E-state index in [1.54, 1.807) is 12.1 Å². The Labute approximate surface area is 104 Å². The molecule has 0 unspecified atom stereocenters. The minimum atomic E-state index is -0.474. The summed E-state index contributed by atoms with van der Waals surface area (Å²) >= 11 is 0. The van der Waals surface area contributed by atoms with Crippen LogP contribution >= 0.6 is 0 Å². The molecule has 0 spiro atoms. The zero-order valence-corrected chi connectivity index (χ0v) is 9.87. The van der Waals surface area contributed by atoms with Crippen molar-refractivity contribution in [3.8, 4) is 5.75 Å². The number of azo groups is 1. The molecule has 18 heavy (non-hydrogen) atoms. The predicted octanol–water partition coefficient (Wildman–Crippen LogP) is 3.48. The molecule has 0 atom stereocenters. The van der Waals surface area contributed by atoms with Crippen LogP contribution in [-0.2, 0) is 0 Å². The lowest BCUT2D eigenvalue weighted by Crippen LogP contribution is -1.91. The van der Waals surface area contributed by atoms with Gasteiger partial charge in [-0.15, -0.1) is 0 Å². The maximum absolute atomic E-state index is 11.4. The van der Waals surface area contributed by atoms with E-state index in [2.05, 4.69) is 10.2 Å².